The van der Waals surface area contributed by atoms with E-state index in [2.05, 4.69) is 18.7 Å². The molecule has 6 nitrogen and oxygen atoms in total. The molecule has 0 aromatic carbocycles. The summed E-state index contributed by atoms with van der Waals surface area (Å²) in [5.74, 6) is -0.376. The number of methoxy groups -OCH3 is 1. The van der Waals surface area contributed by atoms with E-state index >= 15 is 4.39 Å². The lowest BCUT2D eigenvalue weighted by Crippen LogP contribution is -2.58. The first-order chi connectivity index (χ1) is 15.3. The third-order valence-electron chi connectivity index (χ3n) is 7.17. The van der Waals surface area contributed by atoms with Crippen molar-refractivity contribution in [3.8, 4) is 0 Å². The highest BCUT2D eigenvalue weighted by Gasteiger charge is 2.52. The Morgan fingerprint density at radius 3 is 2.69 bits per heavy atom. The van der Waals surface area contributed by atoms with Crippen molar-refractivity contribution in [3.05, 3.63) is 11.8 Å². The van der Waals surface area contributed by atoms with Crippen molar-refractivity contribution < 1.29 is 28.2 Å². The van der Waals surface area contributed by atoms with Crippen LogP contribution in [0.4, 0.5) is 4.39 Å². The maximum atomic E-state index is 15.1. The summed E-state index contributed by atoms with van der Waals surface area (Å²) in [5, 5.41) is -0.395. The van der Waals surface area contributed by atoms with E-state index in [1.807, 2.05) is 0 Å². The van der Waals surface area contributed by atoms with Gasteiger partial charge in [0.05, 0.1) is 12.7 Å². The molecule has 0 aromatic heterocycles. The summed E-state index contributed by atoms with van der Waals surface area (Å²) in [6, 6.07) is -0.0123. The molecule has 0 radical (unpaired) electrons. The van der Waals surface area contributed by atoms with Crippen molar-refractivity contribution in [1.29, 1.82) is 0 Å². The predicted molar refractivity (Wildman–Crippen MR) is 120 cm³/mol. The van der Waals surface area contributed by atoms with Crippen molar-refractivity contribution in [1.82, 2.24) is 4.90 Å². The third kappa shape index (κ3) is 5.48. The van der Waals surface area contributed by atoms with Crippen LogP contribution in [0.5, 0.6) is 0 Å². The molecule has 32 heavy (non-hydrogen) atoms. The van der Waals surface area contributed by atoms with Gasteiger partial charge in [-0.1, -0.05) is 13.8 Å². The molecule has 0 spiro atoms. The zero-order valence-electron chi connectivity index (χ0n) is 19.6. The summed E-state index contributed by atoms with van der Waals surface area (Å²) in [7, 11) is 1.64. The number of piperidine rings is 1. The van der Waals surface area contributed by atoms with Crippen molar-refractivity contribution in [3.63, 3.8) is 0 Å². The topological polar surface area (TPSA) is 65.1 Å². The van der Waals surface area contributed by atoms with Gasteiger partial charge in [-0.05, 0) is 50.4 Å². The molecular formula is C24H37ClFNO5. The zero-order valence-corrected chi connectivity index (χ0v) is 20.4. The molecule has 2 heterocycles. The molecule has 8 heteroatoms. The minimum absolute atomic E-state index is 0.0403. The second kappa shape index (κ2) is 11.3. The molecule has 3 rings (SSSR count). The second-order valence-electron chi connectivity index (χ2n) is 9.55. The number of carbonyl (C=O) groups is 2. The van der Waals surface area contributed by atoms with Crippen LogP contribution in [-0.4, -0.2) is 73.3 Å². The van der Waals surface area contributed by atoms with E-state index in [1.165, 1.54) is 0 Å². The van der Waals surface area contributed by atoms with Crippen molar-refractivity contribution in [2.75, 3.05) is 26.9 Å². The average Bonchev–Trinajstić information content (AvgIpc) is 2.85. The molecule has 2 fully saturated rings. The SMILES string of the molecule is CCOC(=O)C1=CN2C(C(C)C)CC3CC(OCCCOC)C(F)CC(Cl)C3C2CC1=O. The van der Waals surface area contributed by atoms with Crippen LogP contribution in [-0.2, 0) is 23.8 Å². The Bertz CT molecular complexity index is 702. The third-order valence-corrected chi connectivity index (χ3v) is 7.64. The summed E-state index contributed by atoms with van der Waals surface area (Å²) >= 11 is 6.82. The van der Waals surface area contributed by atoms with Crippen LogP contribution in [0.15, 0.2) is 11.8 Å². The first-order valence-electron chi connectivity index (χ1n) is 11.9. The van der Waals surface area contributed by atoms with Gasteiger partial charge in [0.2, 0.25) is 0 Å². The summed E-state index contributed by atoms with van der Waals surface area (Å²) in [6.45, 7) is 7.26. The predicted octanol–water partition coefficient (Wildman–Crippen LogP) is 3.90. The number of nitrogens with zero attached hydrogens (tertiary/aromatic N) is 1. The molecule has 0 bridgehead atoms. The summed E-state index contributed by atoms with van der Waals surface area (Å²) in [6.07, 6.45) is 2.61. The van der Waals surface area contributed by atoms with Crippen LogP contribution in [0.2, 0.25) is 0 Å². The van der Waals surface area contributed by atoms with E-state index in [9.17, 15) is 9.59 Å². The van der Waals surface area contributed by atoms with Gasteiger partial charge in [-0.25, -0.2) is 9.18 Å². The highest BCUT2D eigenvalue weighted by molar-refractivity contribution is 6.21. The van der Waals surface area contributed by atoms with Crippen LogP contribution in [0.3, 0.4) is 0 Å². The molecule has 0 amide bonds. The van der Waals surface area contributed by atoms with Crippen molar-refractivity contribution in [2.24, 2.45) is 17.8 Å². The molecule has 2 aliphatic heterocycles. The fourth-order valence-corrected chi connectivity index (χ4v) is 6.21. The lowest BCUT2D eigenvalue weighted by atomic mass is 9.69. The minimum Gasteiger partial charge on any atom is -0.462 e. The molecule has 0 aromatic rings. The van der Waals surface area contributed by atoms with Gasteiger partial charge in [0, 0.05) is 50.4 Å². The number of fused-ring (bicyclic) bond motifs is 3. The number of hydrogen-bond donors (Lipinski definition) is 0. The van der Waals surface area contributed by atoms with E-state index in [1.54, 1.807) is 20.2 Å². The molecule has 7 atom stereocenters. The normalized spacial score (nSPS) is 35.1. The lowest BCUT2D eigenvalue weighted by molar-refractivity contribution is -0.141. The fraction of sp³-hybridized carbons (Fsp3) is 0.833. The van der Waals surface area contributed by atoms with Crippen molar-refractivity contribution in [2.45, 2.75) is 82.6 Å². The van der Waals surface area contributed by atoms with Gasteiger partial charge in [0.15, 0.2) is 5.78 Å². The number of rotatable bonds is 8. The number of halogens is 2. The summed E-state index contributed by atoms with van der Waals surface area (Å²) < 4.78 is 31.2. The molecule has 7 unspecified atom stereocenters. The van der Waals surface area contributed by atoms with Gasteiger partial charge in [-0.15, -0.1) is 11.6 Å². The molecule has 1 saturated heterocycles. The zero-order chi connectivity index (χ0) is 23.4. The number of carbonyl (C=O) groups excluding carboxylic acids is 2. The Balaban J connectivity index is 1.86. The van der Waals surface area contributed by atoms with Crippen LogP contribution in [0.1, 0.15) is 52.9 Å². The van der Waals surface area contributed by atoms with Gasteiger partial charge in [-0.3, -0.25) is 4.79 Å². The average molecular weight is 474 g/mol. The number of ketones is 1. The van der Waals surface area contributed by atoms with Gasteiger partial charge in [0.25, 0.3) is 0 Å². The minimum atomic E-state index is -1.14. The Labute approximate surface area is 195 Å². The van der Waals surface area contributed by atoms with E-state index < -0.39 is 23.6 Å². The molecule has 1 saturated carbocycles. The van der Waals surface area contributed by atoms with Crippen LogP contribution >= 0.6 is 11.6 Å². The standard InChI is InChI=1S/C24H37ClFNO5/c1-5-31-24(29)16-13-27-19(14(2)3)9-15-10-22(32-8-6-7-30-4)18(26)11-17(25)23(15)20(27)12-21(16)28/h13-15,17-20,22-23H,5-12H2,1-4H3. The second-order valence-corrected chi connectivity index (χ2v) is 10.1. The van der Waals surface area contributed by atoms with E-state index in [-0.39, 0.29) is 54.7 Å². The number of alkyl halides is 2. The smallest absolute Gasteiger partial charge is 0.343 e. The Kier molecular flexibility index (Phi) is 8.98. The largest absolute Gasteiger partial charge is 0.462 e. The maximum absolute atomic E-state index is 15.1. The molecule has 182 valence electrons. The van der Waals surface area contributed by atoms with Crippen LogP contribution in [0, 0.1) is 17.8 Å². The number of Topliss-reactive ketones (excluding diaryl/α,β-unsaturated/α-hetero) is 1. The monoisotopic (exact) mass is 473 g/mol. The summed E-state index contributed by atoms with van der Waals surface area (Å²) in [4.78, 5) is 27.4. The Hall–Kier alpha value is -1.18. The highest BCUT2D eigenvalue weighted by Crippen LogP contribution is 2.48. The van der Waals surface area contributed by atoms with Crippen LogP contribution < -0.4 is 0 Å². The first kappa shape index (κ1) is 25.4. The molecular weight excluding hydrogens is 437 g/mol. The lowest BCUT2D eigenvalue weighted by Gasteiger charge is -2.53. The Morgan fingerprint density at radius 1 is 1.28 bits per heavy atom. The van der Waals surface area contributed by atoms with Gasteiger partial charge in [0.1, 0.15) is 11.7 Å². The number of ether oxygens (including phenoxy) is 3. The quantitative estimate of drug-likeness (QED) is 0.230. The Morgan fingerprint density at radius 2 is 2.03 bits per heavy atom. The van der Waals surface area contributed by atoms with E-state index in [4.69, 9.17) is 25.8 Å². The fourth-order valence-electron chi connectivity index (χ4n) is 5.66. The van der Waals surface area contributed by atoms with Gasteiger partial charge < -0.3 is 19.1 Å². The van der Waals surface area contributed by atoms with Gasteiger partial charge >= 0.3 is 5.97 Å². The molecule has 0 N–H and O–H groups in total. The number of hydrogen-bond acceptors (Lipinski definition) is 6. The molecule has 1 aliphatic carbocycles. The van der Waals surface area contributed by atoms with Crippen LogP contribution in [0.25, 0.3) is 0 Å². The first-order valence-corrected chi connectivity index (χ1v) is 12.3. The van der Waals surface area contributed by atoms with E-state index in [0.29, 0.717) is 25.6 Å². The summed E-state index contributed by atoms with van der Waals surface area (Å²) in [5.41, 5.74) is 0.106. The molecule has 3 aliphatic rings. The van der Waals surface area contributed by atoms with Crippen molar-refractivity contribution >= 4 is 23.4 Å². The maximum Gasteiger partial charge on any atom is 0.343 e. The number of esters is 1. The van der Waals surface area contributed by atoms with Gasteiger partial charge in [-0.2, -0.15) is 0 Å². The van der Waals surface area contributed by atoms with E-state index in [0.717, 1.165) is 12.8 Å². The highest BCUT2D eigenvalue weighted by atomic mass is 35.5.